The van der Waals surface area contributed by atoms with Crippen LogP contribution in [-0.4, -0.2) is 15.3 Å². The molecular formula is C21H17N3O3S. The van der Waals surface area contributed by atoms with Gasteiger partial charge in [-0.2, -0.15) is 0 Å². The van der Waals surface area contributed by atoms with Gasteiger partial charge in [-0.3, -0.25) is 14.0 Å². The van der Waals surface area contributed by atoms with Crippen LogP contribution in [0.5, 0.6) is 11.5 Å². The molecule has 1 amide bonds. The van der Waals surface area contributed by atoms with Crippen LogP contribution < -0.4 is 15.6 Å². The number of anilines is 1. The summed E-state index contributed by atoms with van der Waals surface area (Å²) in [6.07, 6.45) is 2.91. The lowest BCUT2D eigenvalue weighted by atomic mass is 10.1. The molecule has 6 nitrogen and oxygen atoms in total. The van der Waals surface area contributed by atoms with Crippen LogP contribution in [0.25, 0.3) is 4.96 Å². The molecule has 28 heavy (non-hydrogen) atoms. The molecule has 4 rings (SSSR count). The van der Waals surface area contributed by atoms with E-state index in [-0.39, 0.29) is 5.56 Å². The Hall–Kier alpha value is -3.45. The van der Waals surface area contributed by atoms with Crippen LogP contribution in [-0.2, 0) is 0 Å². The first-order chi connectivity index (χ1) is 13.5. The van der Waals surface area contributed by atoms with Crippen molar-refractivity contribution in [3.05, 3.63) is 87.3 Å². The number of ether oxygens (including phenoxy) is 1. The summed E-state index contributed by atoms with van der Waals surface area (Å²) in [5.41, 5.74) is 2.03. The van der Waals surface area contributed by atoms with E-state index in [1.165, 1.54) is 21.9 Å². The molecule has 2 heterocycles. The van der Waals surface area contributed by atoms with Gasteiger partial charge in [0.1, 0.15) is 11.3 Å². The van der Waals surface area contributed by atoms with Gasteiger partial charge in [-0.05, 0) is 37.1 Å². The maximum atomic E-state index is 12.7. The lowest BCUT2D eigenvalue weighted by Gasteiger charge is -2.15. The smallest absolute Gasteiger partial charge is 0.271 e. The number of nitrogens with one attached hydrogen (secondary N) is 1. The van der Waals surface area contributed by atoms with Crippen molar-refractivity contribution >= 4 is 27.9 Å². The summed E-state index contributed by atoms with van der Waals surface area (Å²) in [5.74, 6) is 0.708. The van der Waals surface area contributed by atoms with Gasteiger partial charge in [-0.15, -0.1) is 11.3 Å². The summed E-state index contributed by atoms with van der Waals surface area (Å²) in [6, 6.07) is 13.0. The van der Waals surface area contributed by atoms with Crippen LogP contribution in [0, 0.1) is 13.8 Å². The second-order valence-electron chi connectivity index (χ2n) is 6.31. The first-order valence-corrected chi connectivity index (χ1v) is 9.52. The van der Waals surface area contributed by atoms with Gasteiger partial charge in [0.25, 0.3) is 11.5 Å². The number of amides is 1. The number of rotatable bonds is 4. The van der Waals surface area contributed by atoms with Crippen LogP contribution in [0.15, 0.2) is 65.0 Å². The monoisotopic (exact) mass is 391 g/mol. The molecule has 0 spiro atoms. The highest BCUT2D eigenvalue weighted by Gasteiger charge is 2.16. The molecule has 2 aromatic carbocycles. The third-order valence-electron chi connectivity index (χ3n) is 4.34. The van der Waals surface area contributed by atoms with Crippen molar-refractivity contribution < 1.29 is 9.53 Å². The molecular weight excluding hydrogens is 374 g/mol. The SMILES string of the molecule is Cc1cccc(C)c1Oc1ccccc1NC(=O)c1cnc2sccn2c1=O. The van der Waals surface area contributed by atoms with Crippen molar-refractivity contribution in [1.29, 1.82) is 0 Å². The zero-order valence-electron chi connectivity index (χ0n) is 15.3. The van der Waals surface area contributed by atoms with Gasteiger partial charge in [-0.1, -0.05) is 30.3 Å². The Bertz CT molecular complexity index is 1220. The molecule has 0 aliphatic heterocycles. The molecule has 0 unspecified atom stereocenters. The second kappa shape index (κ2) is 7.28. The van der Waals surface area contributed by atoms with E-state index in [1.54, 1.807) is 29.8 Å². The van der Waals surface area contributed by atoms with E-state index in [0.29, 0.717) is 16.4 Å². The number of hydrogen-bond donors (Lipinski definition) is 1. The topological polar surface area (TPSA) is 72.7 Å². The molecule has 0 radical (unpaired) electrons. The van der Waals surface area contributed by atoms with E-state index in [1.807, 2.05) is 38.1 Å². The van der Waals surface area contributed by atoms with Crippen molar-refractivity contribution in [3.8, 4) is 11.5 Å². The number of nitrogens with zero attached hydrogens (tertiary/aromatic N) is 2. The molecule has 0 bridgehead atoms. The van der Waals surface area contributed by atoms with Crippen LogP contribution in [0.4, 0.5) is 5.69 Å². The fraction of sp³-hybridized carbons (Fsp3) is 0.0952. The minimum atomic E-state index is -0.532. The van der Waals surface area contributed by atoms with Crippen molar-refractivity contribution in [3.63, 3.8) is 0 Å². The van der Waals surface area contributed by atoms with E-state index >= 15 is 0 Å². The number of aromatic nitrogens is 2. The predicted molar refractivity (Wildman–Crippen MR) is 110 cm³/mol. The van der Waals surface area contributed by atoms with Crippen LogP contribution in [0.1, 0.15) is 21.5 Å². The van der Waals surface area contributed by atoms with Gasteiger partial charge in [0, 0.05) is 17.8 Å². The lowest BCUT2D eigenvalue weighted by molar-refractivity contribution is 0.102. The first-order valence-electron chi connectivity index (χ1n) is 8.64. The number of carbonyl (C=O) groups excluding carboxylic acids is 1. The Morgan fingerprint density at radius 2 is 1.86 bits per heavy atom. The molecule has 7 heteroatoms. The van der Waals surface area contributed by atoms with E-state index in [2.05, 4.69) is 10.3 Å². The molecule has 1 N–H and O–H groups in total. The zero-order chi connectivity index (χ0) is 19.7. The molecule has 0 aliphatic carbocycles. The maximum Gasteiger partial charge on any atom is 0.271 e. The summed E-state index contributed by atoms with van der Waals surface area (Å²) in [7, 11) is 0. The summed E-state index contributed by atoms with van der Waals surface area (Å²) in [5, 5.41) is 4.52. The standard InChI is InChI=1S/C21H17N3O3S/c1-13-6-5-7-14(2)18(13)27-17-9-4-3-8-16(17)23-19(25)15-12-22-21-24(20(15)26)10-11-28-21/h3-12H,1-2H3,(H,23,25). The maximum absolute atomic E-state index is 12.7. The lowest BCUT2D eigenvalue weighted by Crippen LogP contribution is -2.25. The van der Waals surface area contributed by atoms with E-state index in [4.69, 9.17) is 4.74 Å². The zero-order valence-corrected chi connectivity index (χ0v) is 16.1. The largest absolute Gasteiger partial charge is 0.455 e. The van der Waals surface area contributed by atoms with Crippen molar-refractivity contribution in [1.82, 2.24) is 9.38 Å². The predicted octanol–water partition coefficient (Wildman–Crippen LogP) is 4.42. The van der Waals surface area contributed by atoms with Gasteiger partial charge < -0.3 is 10.1 Å². The number of carbonyl (C=O) groups is 1. The molecule has 2 aromatic heterocycles. The van der Waals surface area contributed by atoms with Gasteiger partial charge in [0.15, 0.2) is 10.7 Å². The highest BCUT2D eigenvalue weighted by Crippen LogP contribution is 2.33. The van der Waals surface area contributed by atoms with Crippen LogP contribution in [0.2, 0.25) is 0 Å². The summed E-state index contributed by atoms with van der Waals surface area (Å²) < 4.78 is 7.44. The number of hydrogen-bond acceptors (Lipinski definition) is 5. The Kier molecular flexibility index (Phi) is 4.67. The van der Waals surface area contributed by atoms with E-state index in [9.17, 15) is 9.59 Å². The summed E-state index contributed by atoms with van der Waals surface area (Å²) in [4.78, 5) is 30.0. The molecule has 0 atom stereocenters. The first kappa shape index (κ1) is 17.9. The average Bonchev–Trinajstić information content (AvgIpc) is 3.16. The molecule has 0 saturated heterocycles. The average molecular weight is 391 g/mol. The van der Waals surface area contributed by atoms with E-state index < -0.39 is 11.5 Å². The number of aryl methyl sites for hydroxylation is 2. The molecule has 0 saturated carbocycles. The van der Waals surface area contributed by atoms with Crippen LogP contribution >= 0.6 is 11.3 Å². The molecule has 4 aromatic rings. The second-order valence-corrected chi connectivity index (χ2v) is 7.18. The fourth-order valence-electron chi connectivity index (χ4n) is 2.90. The van der Waals surface area contributed by atoms with Crippen molar-refractivity contribution in [2.24, 2.45) is 0 Å². The normalized spacial score (nSPS) is 10.8. The fourth-order valence-corrected chi connectivity index (χ4v) is 3.57. The van der Waals surface area contributed by atoms with E-state index in [0.717, 1.165) is 16.9 Å². The van der Waals surface area contributed by atoms with Gasteiger partial charge >= 0.3 is 0 Å². The van der Waals surface area contributed by atoms with Crippen molar-refractivity contribution in [2.45, 2.75) is 13.8 Å². The minimum absolute atomic E-state index is 0.0298. The number of para-hydroxylation sites is 3. The Labute approximate surface area is 165 Å². The molecule has 140 valence electrons. The number of fused-ring (bicyclic) bond motifs is 1. The summed E-state index contributed by atoms with van der Waals surface area (Å²) >= 11 is 1.33. The highest BCUT2D eigenvalue weighted by molar-refractivity contribution is 7.15. The minimum Gasteiger partial charge on any atom is -0.455 e. The van der Waals surface area contributed by atoms with Crippen LogP contribution in [0.3, 0.4) is 0 Å². The summed E-state index contributed by atoms with van der Waals surface area (Å²) in [6.45, 7) is 3.93. The quantitative estimate of drug-likeness (QED) is 0.559. The molecule has 0 aliphatic rings. The third kappa shape index (κ3) is 3.27. The Morgan fingerprint density at radius 3 is 2.64 bits per heavy atom. The number of thiazole rings is 1. The van der Waals surface area contributed by atoms with Gasteiger partial charge in [-0.25, -0.2) is 4.98 Å². The Morgan fingerprint density at radius 1 is 1.11 bits per heavy atom. The number of benzene rings is 2. The van der Waals surface area contributed by atoms with Gasteiger partial charge in [0.05, 0.1) is 5.69 Å². The van der Waals surface area contributed by atoms with Gasteiger partial charge in [0.2, 0.25) is 0 Å². The third-order valence-corrected chi connectivity index (χ3v) is 5.11. The Balaban J connectivity index is 1.66. The van der Waals surface area contributed by atoms with Crippen molar-refractivity contribution in [2.75, 3.05) is 5.32 Å². The highest BCUT2D eigenvalue weighted by atomic mass is 32.1. The molecule has 0 fully saturated rings.